The van der Waals surface area contributed by atoms with E-state index in [4.69, 9.17) is 0 Å². The van der Waals surface area contributed by atoms with Crippen molar-refractivity contribution in [1.82, 2.24) is 4.90 Å². The van der Waals surface area contributed by atoms with Gasteiger partial charge in [0.1, 0.15) is 11.6 Å². The molecule has 1 aromatic carbocycles. The Kier molecular flexibility index (Phi) is 5.35. The third kappa shape index (κ3) is 4.69. The number of benzene rings is 1. The lowest BCUT2D eigenvalue weighted by Gasteiger charge is -2.23. The van der Waals surface area contributed by atoms with Crippen molar-refractivity contribution in [3.63, 3.8) is 0 Å². The van der Waals surface area contributed by atoms with Crippen LogP contribution in [0.1, 0.15) is 5.56 Å². The number of anilines is 1. The van der Waals surface area contributed by atoms with Crippen LogP contribution in [0.3, 0.4) is 0 Å². The van der Waals surface area contributed by atoms with Gasteiger partial charge < -0.3 is 10.2 Å². The Bertz CT molecular complexity index is 887. The fourth-order valence-corrected chi connectivity index (χ4v) is 2.23. The van der Waals surface area contributed by atoms with Crippen LogP contribution in [0.4, 0.5) is 32.0 Å². The van der Waals surface area contributed by atoms with Gasteiger partial charge in [-0.15, -0.1) is 0 Å². The Balaban J connectivity index is 2.30. The number of nitriles is 1. The molecular weight excluding hydrogens is 376 g/mol. The molecule has 0 aliphatic carbocycles. The molecule has 1 N–H and O–H groups in total. The highest BCUT2D eigenvalue weighted by Crippen LogP contribution is 2.32. The fourth-order valence-electron chi connectivity index (χ4n) is 2.23. The molecule has 4 nitrogen and oxygen atoms in total. The van der Waals surface area contributed by atoms with Gasteiger partial charge in [-0.3, -0.25) is 4.79 Å². The number of nitrogens with zero attached hydrogens (tertiary/aromatic N) is 2. The number of carbonyl (C=O) groups excluding carboxylic acids is 1. The second-order valence-electron chi connectivity index (χ2n) is 5.43. The number of nitrogens with one attached hydrogen (secondary N) is 1. The topological polar surface area (TPSA) is 56.1 Å². The number of carbonyl (C=O) groups is 1. The predicted molar refractivity (Wildman–Crippen MR) is 83.8 cm³/mol. The van der Waals surface area contributed by atoms with Crippen LogP contribution in [0.5, 0.6) is 0 Å². The Labute approximate surface area is 149 Å². The SMILES string of the molecule is CN1C=C(C(F)(F)F)C=C/C1=C(\C#N)C(=O)Nc1cccc(C(F)(F)F)c1. The van der Waals surface area contributed by atoms with Crippen LogP contribution in [0.15, 0.2) is 59.5 Å². The van der Waals surface area contributed by atoms with Gasteiger partial charge in [-0.2, -0.15) is 31.6 Å². The summed E-state index contributed by atoms with van der Waals surface area (Å²) in [5, 5.41) is 11.3. The van der Waals surface area contributed by atoms with E-state index < -0.39 is 35.0 Å². The lowest BCUT2D eigenvalue weighted by Crippen LogP contribution is -2.24. The Morgan fingerprint density at radius 1 is 1.11 bits per heavy atom. The van der Waals surface area contributed by atoms with E-state index in [0.717, 1.165) is 23.1 Å². The lowest BCUT2D eigenvalue weighted by molar-refractivity contribution is -0.137. The maximum atomic E-state index is 12.7. The van der Waals surface area contributed by atoms with E-state index in [2.05, 4.69) is 5.32 Å². The number of rotatable bonds is 2. The normalized spacial score (nSPS) is 16.5. The summed E-state index contributed by atoms with van der Waals surface area (Å²) in [6, 6.07) is 5.31. The minimum Gasteiger partial charge on any atom is -0.349 e. The van der Waals surface area contributed by atoms with Gasteiger partial charge in [0.2, 0.25) is 0 Å². The van der Waals surface area contributed by atoms with Gasteiger partial charge >= 0.3 is 12.4 Å². The van der Waals surface area contributed by atoms with Gasteiger partial charge in [0.05, 0.1) is 16.8 Å². The average Bonchev–Trinajstić information content (AvgIpc) is 2.55. The summed E-state index contributed by atoms with van der Waals surface area (Å²) in [4.78, 5) is 13.2. The number of likely N-dealkylation sites (N-methyl/N-ethyl adjacent to an activating group) is 1. The molecule has 0 aromatic heterocycles. The molecular formula is C17H11F6N3O. The maximum absolute atomic E-state index is 12.7. The molecule has 0 atom stereocenters. The van der Waals surface area contributed by atoms with Crippen LogP contribution < -0.4 is 5.32 Å². The average molecular weight is 387 g/mol. The highest BCUT2D eigenvalue weighted by molar-refractivity contribution is 6.07. The molecule has 10 heteroatoms. The van der Waals surface area contributed by atoms with Crippen molar-refractivity contribution in [2.75, 3.05) is 12.4 Å². The first kappa shape index (κ1) is 20.1. The summed E-state index contributed by atoms with van der Waals surface area (Å²) in [7, 11) is 1.21. The largest absolute Gasteiger partial charge is 0.417 e. The second kappa shape index (κ2) is 7.19. The molecule has 0 saturated heterocycles. The molecule has 2 rings (SSSR count). The zero-order valence-corrected chi connectivity index (χ0v) is 13.6. The third-order valence-corrected chi connectivity index (χ3v) is 3.50. The van der Waals surface area contributed by atoms with Crippen molar-refractivity contribution in [3.8, 4) is 6.07 Å². The zero-order chi connectivity index (χ0) is 20.4. The van der Waals surface area contributed by atoms with E-state index >= 15 is 0 Å². The minimum absolute atomic E-state index is 0.130. The van der Waals surface area contributed by atoms with Crippen molar-refractivity contribution in [2.45, 2.75) is 12.4 Å². The number of halogens is 6. The summed E-state index contributed by atoms with van der Waals surface area (Å²) in [6.07, 6.45) is -6.90. The van der Waals surface area contributed by atoms with E-state index in [9.17, 15) is 36.4 Å². The van der Waals surface area contributed by atoms with E-state index in [1.54, 1.807) is 6.07 Å². The molecule has 0 fully saturated rings. The molecule has 1 heterocycles. The molecule has 142 valence electrons. The number of allylic oxidation sites excluding steroid dienone is 3. The van der Waals surface area contributed by atoms with Crippen molar-refractivity contribution in [1.29, 1.82) is 5.26 Å². The van der Waals surface area contributed by atoms with Crippen molar-refractivity contribution in [2.24, 2.45) is 0 Å². The van der Waals surface area contributed by atoms with Crippen molar-refractivity contribution in [3.05, 3.63) is 65.0 Å². The second-order valence-corrected chi connectivity index (χ2v) is 5.43. The van der Waals surface area contributed by atoms with Gasteiger partial charge in [0.25, 0.3) is 5.91 Å². The van der Waals surface area contributed by atoms with Crippen molar-refractivity contribution >= 4 is 11.6 Å². The lowest BCUT2D eigenvalue weighted by atomic mass is 10.1. The first-order chi connectivity index (χ1) is 12.4. The molecule has 0 saturated carbocycles. The Morgan fingerprint density at radius 2 is 1.78 bits per heavy atom. The van der Waals surface area contributed by atoms with Gasteiger partial charge in [0, 0.05) is 18.9 Å². The minimum atomic E-state index is -4.62. The summed E-state index contributed by atoms with van der Waals surface area (Å²) in [6.45, 7) is 0. The number of hydrogen-bond donors (Lipinski definition) is 1. The molecule has 1 aliphatic rings. The van der Waals surface area contributed by atoms with Crippen LogP contribution in [0, 0.1) is 11.3 Å². The molecule has 27 heavy (non-hydrogen) atoms. The third-order valence-electron chi connectivity index (χ3n) is 3.50. The molecule has 0 spiro atoms. The highest BCUT2D eigenvalue weighted by atomic mass is 19.4. The highest BCUT2D eigenvalue weighted by Gasteiger charge is 2.34. The van der Waals surface area contributed by atoms with E-state index in [1.165, 1.54) is 13.1 Å². The van der Waals surface area contributed by atoms with Gasteiger partial charge in [-0.25, -0.2) is 0 Å². The van der Waals surface area contributed by atoms with E-state index in [1.807, 2.05) is 0 Å². The molecule has 1 amide bonds. The number of alkyl halides is 6. The van der Waals surface area contributed by atoms with E-state index in [0.29, 0.717) is 18.3 Å². The van der Waals surface area contributed by atoms with Gasteiger partial charge in [0.15, 0.2) is 0 Å². The quantitative estimate of drug-likeness (QED) is 0.466. The number of hydrogen-bond acceptors (Lipinski definition) is 3. The summed E-state index contributed by atoms with van der Waals surface area (Å²) < 4.78 is 76.3. The summed E-state index contributed by atoms with van der Waals surface area (Å²) in [5.74, 6) is -1.05. The Morgan fingerprint density at radius 3 is 2.30 bits per heavy atom. The summed E-state index contributed by atoms with van der Waals surface area (Å²) >= 11 is 0. The maximum Gasteiger partial charge on any atom is 0.417 e. The van der Waals surface area contributed by atoms with Crippen LogP contribution in [0.25, 0.3) is 0 Å². The predicted octanol–water partition coefficient (Wildman–Crippen LogP) is 4.37. The summed E-state index contributed by atoms with van der Waals surface area (Å²) in [5.41, 5.74) is -2.88. The Hall–Kier alpha value is -3.22. The van der Waals surface area contributed by atoms with Crippen LogP contribution in [-0.4, -0.2) is 24.0 Å². The van der Waals surface area contributed by atoms with E-state index in [-0.39, 0.29) is 11.4 Å². The standard InChI is InChI=1S/C17H11F6N3O/c1-26-9-11(17(21,22)23)5-6-14(26)13(8-24)15(27)25-12-4-2-3-10(7-12)16(18,19)20/h2-7,9H,1H3,(H,25,27)/b14-13-. The van der Waals surface area contributed by atoms with Gasteiger partial charge in [-0.05, 0) is 30.4 Å². The zero-order valence-electron chi connectivity index (χ0n) is 13.6. The van der Waals surface area contributed by atoms with Crippen LogP contribution in [-0.2, 0) is 11.0 Å². The monoisotopic (exact) mass is 387 g/mol. The van der Waals surface area contributed by atoms with Gasteiger partial charge in [-0.1, -0.05) is 6.07 Å². The van der Waals surface area contributed by atoms with Crippen LogP contribution in [0.2, 0.25) is 0 Å². The molecule has 0 unspecified atom stereocenters. The molecule has 0 bridgehead atoms. The first-order valence-corrected chi connectivity index (χ1v) is 7.26. The van der Waals surface area contributed by atoms with Crippen LogP contribution >= 0.6 is 0 Å². The first-order valence-electron chi connectivity index (χ1n) is 7.26. The smallest absolute Gasteiger partial charge is 0.349 e. The molecule has 0 radical (unpaired) electrons. The van der Waals surface area contributed by atoms with Crippen molar-refractivity contribution < 1.29 is 31.1 Å². The molecule has 1 aliphatic heterocycles. The molecule has 1 aromatic rings. The fraction of sp³-hybridized carbons (Fsp3) is 0.176. The number of amides is 1.